The maximum atomic E-state index is 12.7. The lowest BCUT2D eigenvalue weighted by Gasteiger charge is -2.28. The molecule has 2 aliphatic rings. The fourth-order valence-corrected chi connectivity index (χ4v) is 3.24. The van der Waals surface area contributed by atoms with Gasteiger partial charge in [0.15, 0.2) is 0 Å². The van der Waals surface area contributed by atoms with Crippen molar-refractivity contribution in [1.29, 1.82) is 0 Å². The molecule has 0 spiro atoms. The number of aliphatic carboxylic acids is 1. The van der Waals surface area contributed by atoms with E-state index in [0.717, 1.165) is 13.0 Å². The van der Waals surface area contributed by atoms with Crippen LogP contribution in [0.1, 0.15) is 32.6 Å². The van der Waals surface area contributed by atoms with Gasteiger partial charge in [0.05, 0.1) is 12.6 Å². The van der Waals surface area contributed by atoms with Crippen LogP contribution in [0.25, 0.3) is 0 Å². The van der Waals surface area contributed by atoms with Crippen molar-refractivity contribution in [2.45, 2.75) is 56.8 Å². The maximum Gasteiger partial charge on any atom is 0.325 e. The lowest BCUT2D eigenvalue weighted by Crippen LogP contribution is -2.57. The molecule has 5 N–H and O–H groups in total. The number of hydrogen-bond acceptors (Lipinski definition) is 6. The Bertz CT molecular complexity index is 563. The normalized spacial score (nSPS) is 24.8. The minimum atomic E-state index is -1.17. The van der Waals surface area contributed by atoms with Crippen LogP contribution in [-0.2, 0) is 19.2 Å². The molecular weight excluding hydrogens is 344 g/mol. The Kier molecular flexibility index (Phi) is 6.92. The third-order valence-electron chi connectivity index (χ3n) is 4.74. The summed E-state index contributed by atoms with van der Waals surface area (Å²) in [6, 6.07) is -3.39. The molecule has 2 heterocycles. The molecule has 2 fully saturated rings. The Morgan fingerprint density at radius 2 is 1.88 bits per heavy atom. The van der Waals surface area contributed by atoms with E-state index in [1.54, 1.807) is 0 Å². The van der Waals surface area contributed by atoms with Gasteiger partial charge in [-0.05, 0) is 39.2 Å². The maximum absolute atomic E-state index is 12.7. The summed E-state index contributed by atoms with van der Waals surface area (Å²) >= 11 is 0. The molecule has 146 valence electrons. The Balaban J connectivity index is 1.99. The third kappa shape index (κ3) is 4.70. The summed E-state index contributed by atoms with van der Waals surface area (Å²) in [6.45, 7) is 1.80. The first-order valence-corrected chi connectivity index (χ1v) is 8.83. The van der Waals surface area contributed by atoms with Gasteiger partial charge in [0.25, 0.3) is 0 Å². The summed E-state index contributed by atoms with van der Waals surface area (Å²) in [5, 5.41) is 26.3. The number of likely N-dealkylation sites (tertiary alicyclic amines) is 1. The SMILES string of the molecule is CC(NC(=O)C1CCCN1C(=O)C(CO)NC(=O)C1CCCN1)C(=O)O. The Morgan fingerprint density at radius 3 is 2.46 bits per heavy atom. The number of carboxylic acids is 1. The van der Waals surface area contributed by atoms with Crippen molar-refractivity contribution < 1.29 is 29.4 Å². The molecule has 0 bridgehead atoms. The first-order chi connectivity index (χ1) is 12.3. The quantitative estimate of drug-likeness (QED) is 0.341. The van der Waals surface area contributed by atoms with E-state index in [-0.39, 0.29) is 11.9 Å². The third-order valence-corrected chi connectivity index (χ3v) is 4.74. The zero-order valence-corrected chi connectivity index (χ0v) is 14.7. The molecule has 3 amide bonds. The van der Waals surface area contributed by atoms with Crippen LogP contribution in [0.3, 0.4) is 0 Å². The van der Waals surface area contributed by atoms with Crippen molar-refractivity contribution in [2.75, 3.05) is 19.7 Å². The highest BCUT2D eigenvalue weighted by Gasteiger charge is 2.38. The van der Waals surface area contributed by atoms with E-state index in [4.69, 9.17) is 5.11 Å². The zero-order chi connectivity index (χ0) is 19.3. The van der Waals surface area contributed by atoms with Gasteiger partial charge in [0.1, 0.15) is 18.1 Å². The average Bonchev–Trinajstić information content (AvgIpc) is 3.29. The monoisotopic (exact) mass is 370 g/mol. The van der Waals surface area contributed by atoms with E-state index < -0.39 is 42.5 Å². The molecular formula is C16H26N4O6. The van der Waals surface area contributed by atoms with Crippen molar-refractivity contribution in [2.24, 2.45) is 0 Å². The van der Waals surface area contributed by atoms with Crippen molar-refractivity contribution in [3.8, 4) is 0 Å². The highest BCUT2D eigenvalue weighted by molar-refractivity contribution is 5.94. The molecule has 10 nitrogen and oxygen atoms in total. The second-order valence-corrected chi connectivity index (χ2v) is 6.65. The van der Waals surface area contributed by atoms with Gasteiger partial charge >= 0.3 is 5.97 Å². The summed E-state index contributed by atoms with van der Waals surface area (Å²) in [7, 11) is 0. The first-order valence-electron chi connectivity index (χ1n) is 8.83. The van der Waals surface area contributed by atoms with Crippen LogP contribution in [0.4, 0.5) is 0 Å². The lowest BCUT2D eigenvalue weighted by molar-refractivity contribution is -0.145. The highest BCUT2D eigenvalue weighted by Crippen LogP contribution is 2.19. The van der Waals surface area contributed by atoms with Crippen LogP contribution in [0.2, 0.25) is 0 Å². The number of amides is 3. The number of carboxylic acid groups (broad SMARTS) is 1. The van der Waals surface area contributed by atoms with Gasteiger partial charge in [-0.25, -0.2) is 0 Å². The van der Waals surface area contributed by atoms with Crippen molar-refractivity contribution in [3.05, 3.63) is 0 Å². The number of aliphatic hydroxyl groups is 1. The van der Waals surface area contributed by atoms with Crippen molar-refractivity contribution in [3.63, 3.8) is 0 Å². The summed E-state index contributed by atoms with van der Waals surface area (Å²) in [5.74, 6) is -2.61. The number of nitrogens with zero attached hydrogens (tertiary/aromatic N) is 1. The van der Waals surface area contributed by atoms with E-state index in [0.29, 0.717) is 25.8 Å². The highest BCUT2D eigenvalue weighted by atomic mass is 16.4. The number of carbonyl (C=O) groups is 4. The molecule has 0 aromatic rings. The standard InChI is InChI=1S/C16H26N4O6/c1-9(16(25)26)18-14(23)12-5-3-7-20(12)15(24)11(8-21)19-13(22)10-4-2-6-17-10/h9-12,17,21H,2-8H2,1H3,(H,18,23)(H,19,22)(H,25,26). The molecule has 0 saturated carbocycles. The Hall–Kier alpha value is -2.20. The largest absolute Gasteiger partial charge is 0.480 e. The second-order valence-electron chi connectivity index (χ2n) is 6.65. The molecule has 26 heavy (non-hydrogen) atoms. The fraction of sp³-hybridized carbons (Fsp3) is 0.750. The van der Waals surface area contributed by atoms with Gasteiger partial charge in [-0.1, -0.05) is 0 Å². The number of nitrogens with one attached hydrogen (secondary N) is 3. The van der Waals surface area contributed by atoms with Gasteiger partial charge in [-0.2, -0.15) is 0 Å². The van der Waals surface area contributed by atoms with Crippen LogP contribution >= 0.6 is 0 Å². The van der Waals surface area contributed by atoms with Crippen LogP contribution in [0.5, 0.6) is 0 Å². The minimum Gasteiger partial charge on any atom is -0.480 e. The van der Waals surface area contributed by atoms with Crippen molar-refractivity contribution in [1.82, 2.24) is 20.9 Å². The molecule has 2 rings (SSSR count). The summed E-state index contributed by atoms with van der Waals surface area (Å²) in [6.07, 6.45) is 2.52. The summed E-state index contributed by atoms with van der Waals surface area (Å²) < 4.78 is 0. The zero-order valence-electron chi connectivity index (χ0n) is 14.7. The first kappa shape index (κ1) is 20.1. The van der Waals surface area contributed by atoms with Crippen LogP contribution in [-0.4, -0.2) is 82.7 Å². The number of hydrogen-bond donors (Lipinski definition) is 5. The van der Waals surface area contributed by atoms with E-state index in [2.05, 4.69) is 16.0 Å². The van der Waals surface area contributed by atoms with Gasteiger partial charge < -0.3 is 31.1 Å². The number of rotatable bonds is 7. The molecule has 10 heteroatoms. The average molecular weight is 370 g/mol. The molecule has 0 radical (unpaired) electrons. The van der Waals surface area contributed by atoms with Gasteiger partial charge in [-0.3, -0.25) is 19.2 Å². The summed E-state index contributed by atoms with van der Waals surface area (Å²) in [5.41, 5.74) is 0. The molecule has 0 aliphatic carbocycles. The van der Waals surface area contributed by atoms with Crippen LogP contribution in [0, 0.1) is 0 Å². The summed E-state index contributed by atoms with van der Waals surface area (Å²) in [4.78, 5) is 49.3. The lowest BCUT2D eigenvalue weighted by atomic mass is 10.1. The molecule has 0 aromatic carbocycles. The molecule has 2 aliphatic heterocycles. The minimum absolute atomic E-state index is 0.312. The number of carbonyl (C=O) groups excluding carboxylic acids is 3. The van der Waals surface area contributed by atoms with Gasteiger partial charge in [0.2, 0.25) is 17.7 Å². The van der Waals surface area contributed by atoms with Crippen molar-refractivity contribution >= 4 is 23.7 Å². The molecule has 2 saturated heterocycles. The second kappa shape index (κ2) is 8.95. The van der Waals surface area contributed by atoms with E-state index in [1.807, 2.05) is 0 Å². The van der Waals surface area contributed by atoms with E-state index in [9.17, 15) is 24.3 Å². The predicted molar refractivity (Wildman–Crippen MR) is 90.0 cm³/mol. The van der Waals surface area contributed by atoms with E-state index >= 15 is 0 Å². The van der Waals surface area contributed by atoms with Crippen LogP contribution in [0.15, 0.2) is 0 Å². The number of aliphatic hydroxyl groups excluding tert-OH is 1. The molecule has 0 aromatic heterocycles. The predicted octanol–water partition coefficient (Wildman–Crippen LogP) is -2.20. The molecule has 4 unspecified atom stereocenters. The van der Waals surface area contributed by atoms with Crippen LogP contribution < -0.4 is 16.0 Å². The van der Waals surface area contributed by atoms with Gasteiger partial charge in [0, 0.05) is 6.54 Å². The van der Waals surface area contributed by atoms with E-state index in [1.165, 1.54) is 11.8 Å². The van der Waals surface area contributed by atoms with Gasteiger partial charge in [-0.15, -0.1) is 0 Å². The fourth-order valence-electron chi connectivity index (χ4n) is 3.24. The smallest absolute Gasteiger partial charge is 0.325 e. The Morgan fingerprint density at radius 1 is 1.15 bits per heavy atom. The molecule has 4 atom stereocenters. The topological polar surface area (TPSA) is 148 Å². The Labute approximate surface area is 151 Å².